The zero-order valence-corrected chi connectivity index (χ0v) is 24.4. The van der Waals surface area contributed by atoms with Crippen LogP contribution in [0.25, 0.3) is 0 Å². The normalized spacial score (nSPS) is 10.2. The molecule has 0 aromatic rings. The Hall–Kier alpha value is 5.52. The van der Waals surface area contributed by atoms with Crippen LogP contribution in [0.3, 0.4) is 0 Å². The van der Waals surface area contributed by atoms with Crippen molar-refractivity contribution in [2.45, 2.75) is 0 Å². The molecule has 0 N–H and O–H groups in total. The second-order valence-corrected chi connectivity index (χ2v) is 25.4. The second kappa shape index (κ2) is 16.5. The summed E-state index contributed by atoms with van der Waals surface area (Å²) in [5, 5.41) is 0. The Kier molecular flexibility index (Phi) is 42.0. The van der Waals surface area contributed by atoms with E-state index >= 15 is 0 Å². The van der Waals surface area contributed by atoms with Crippen LogP contribution in [0.15, 0.2) is 0 Å². The van der Waals surface area contributed by atoms with Crippen molar-refractivity contribution in [3.05, 3.63) is 0 Å². The Morgan fingerprint density at radius 3 is 0.750 bits per heavy atom. The van der Waals surface area contributed by atoms with Gasteiger partial charge in [-0.25, -0.2) is 0 Å². The summed E-state index contributed by atoms with van der Waals surface area (Å²) < 4.78 is 0. The average molecular weight is 608 g/mol. The largest absolute Gasteiger partial charge is 1.00 e. The molecule has 0 saturated heterocycles. The third kappa shape index (κ3) is 107. The molecule has 0 radical (unpaired) electrons. The molecule has 0 spiro atoms. The van der Waals surface area contributed by atoms with E-state index in [-0.39, 0.29) is 141 Å². The molecule has 0 bridgehead atoms. The fourth-order valence-electron chi connectivity index (χ4n) is 0. The molecular formula is C2H6Cl5Cs2O2Rh. The van der Waals surface area contributed by atoms with Crippen molar-refractivity contribution < 1.29 is 159 Å². The minimum absolute atomic E-state index is 0. The van der Waals surface area contributed by atoms with Crippen molar-refractivity contribution in [3.63, 3.8) is 0 Å². The van der Waals surface area contributed by atoms with Crippen molar-refractivity contribution in [3.8, 4) is 0 Å². The van der Waals surface area contributed by atoms with Crippen LogP contribution in [0.2, 0.25) is 0 Å². The summed E-state index contributed by atoms with van der Waals surface area (Å²) in [6, 6.07) is 0. The Bertz CT molecular complexity index is 84.5. The van der Waals surface area contributed by atoms with Gasteiger partial charge in [-0.1, -0.05) is 0 Å². The van der Waals surface area contributed by atoms with Gasteiger partial charge in [-0.05, 0) is 0 Å². The van der Waals surface area contributed by atoms with E-state index in [9.17, 15) is 0 Å². The molecule has 10 heteroatoms. The molecule has 0 aromatic carbocycles. The first-order valence-electron chi connectivity index (χ1n) is 1.21. The van der Waals surface area contributed by atoms with Gasteiger partial charge < -0.3 is 12.4 Å². The smallest absolute Gasteiger partial charge is 1.00 e. The standard InChI is InChI=1S/2CH2O.5ClH.2Cs.Rh.2H/c2*1-2;;;;;;;;;;/h2*1H2;5*1H;;;;;/q;;;;;;;2*+1;+5;2*-1/p-5. The fraction of sp³-hybridized carbons (Fsp3) is 0. The van der Waals surface area contributed by atoms with Gasteiger partial charge in [-0.15, -0.1) is 0 Å². The van der Waals surface area contributed by atoms with Crippen LogP contribution in [-0.4, -0.2) is 13.6 Å². The third-order valence-electron chi connectivity index (χ3n) is 0. The summed E-state index contributed by atoms with van der Waals surface area (Å²) in [5.41, 5.74) is 0. The van der Waals surface area contributed by atoms with Gasteiger partial charge in [0.1, 0.15) is 13.6 Å². The van der Waals surface area contributed by atoms with Crippen molar-refractivity contribution in [2.24, 2.45) is 0 Å². The van der Waals surface area contributed by atoms with E-state index in [1.807, 2.05) is 13.6 Å². The topological polar surface area (TPSA) is 34.1 Å². The first-order valence-corrected chi connectivity index (χ1v) is 11.8. The van der Waals surface area contributed by atoms with Gasteiger partial charge in [0.05, 0.1) is 0 Å². The van der Waals surface area contributed by atoms with E-state index in [0.717, 1.165) is 0 Å². The molecule has 0 saturated carbocycles. The molecule has 0 heterocycles. The van der Waals surface area contributed by atoms with Crippen molar-refractivity contribution >= 4 is 62.0 Å². The first kappa shape index (κ1) is 30.5. The van der Waals surface area contributed by atoms with Crippen molar-refractivity contribution in [1.29, 1.82) is 0 Å². The van der Waals surface area contributed by atoms with Gasteiger partial charge in [0.2, 0.25) is 0 Å². The van der Waals surface area contributed by atoms with Crippen LogP contribution >= 0.6 is 48.5 Å². The quantitative estimate of drug-likeness (QED) is 0.281. The Balaban J connectivity index is -0.0000000111. The summed E-state index contributed by atoms with van der Waals surface area (Å²) in [6.45, 7) is 4.00. The fourth-order valence-corrected chi connectivity index (χ4v) is 0. The van der Waals surface area contributed by atoms with E-state index < -0.39 is 8.65 Å². The molecule has 0 unspecified atom stereocenters. The van der Waals surface area contributed by atoms with E-state index in [1.165, 1.54) is 0 Å². The zero-order valence-electron chi connectivity index (χ0n) is 8.45. The summed E-state index contributed by atoms with van der Waals surface area (Å²) in [5.74, 6) is 0. The van der Waals surface area contributed by atoms with Crippen molar-refractivity contribution in [1.82, 2.24) is 0 Å². The third-order valence-corrected chi connectivity index (χ3v) is 0. The number of hydrogen-bond acceptors (Lipinski definition) is 2. The minimum Gasteiger partial charge on any atom is -1.00 e. The van der Waals surface area contributed by atoms with Crippen LogP contribution in [0.5, 0.6) is 0 Å². The van der Waals surface area contributed by atoms with Crippen LogP contribution in [0.1, 0.15) is 2.85 Å². The molecule has 2 nitrogen and oxygen atoms in total. The zero-order chi connectivity index (χ0) is 9.45. The molecule has 0 aliphatic heterocycles. The monoisotopic (exact) mass is 606 g/mol. The van der Waals surface area contributed by atoms with Crippen LogP contribution in [0, 0.1) is 0 Å². The van der Waals surface area contributed by atoms with Crippen LogP contribution < -0.4 is 138 Å². The SMILES string of the molecule is C=O.C=O.[Cl][Rh]([Cl])([Cl])([Cl])[Cl].[Cs+].[Cs+].[H-].[H-]. The molecule has 0 rings (SSSR count). The van der Waals surface area contributed by atoms with Crippen LogP contribution in [-0.2, 0) is 18.2 Å². The summed E-state index contributed by atoms with van der Waals surface area (Å²) in [6.07, 6.45) is 0. The van der Waals surface area contributed by atoms with Gasteiger partial charge >= 0.3 is 195 Å². The Morgan fingerprint density at radius 1 is 0.750 bits per heavy atom. The molecule has 0 fully saturated rings. The predicted octanol–water partition coefficient (Wildman–Crippen LogP) is -2.69. The maximum absolute atomic E-state index is 8.00. The predicted molar refractivity (Wildman–Crippen MR) is 45.7 cm³/mol. The molecule has 72 valence electrons. The number of carbonyl (C=O) groups is 2. The van der Waals surface area contributed by atoms with E-state index in [0.29, 0.717) is 0 Å². The molecule has 12 heavy (non-hydrogen) atoms. The van der Waals surface area contributed by atoms with Gasteiger partial charge in [0.15, 0.2) is 0 Å². The Morgan fingerprint density at radius 2 is 0.750 bits per heavy atom. The second-order valence-electron chi connectivity index (χ2n) is 0.476. The maximum atomic E-state index is 8.00. The van der Waals surface area contributed by atoms with Crippen LogP contribution in [0.4, 0.5) is 0 Å². The number of halogens is 5. The Labute approximate surface area is 213 Å². The number of rotatable bonds is 0. The summed E-state index contributed by atoms with van der Waals surface area (Å²) >= 11 is 0. The molecule has 0 aliphatic carbocycles. The molecule has 0 atom stereocenters. The van der Waals surface area contributed by atoms with Crippen molar-refractivity contribution in [2.75, 3.05) is 0 Å². The summed E-state index contributed by atoms with van der Waals surface area (Å²) in [4.78, 5) is 16.0. The van der Waals surface area contributed by atoms with Gasteiger partial charge in [-0.2, -0.15) is 0 Å². The minimum atomic E-state index is -4.04. The van der Waals surface area contributed by atoms with E-state index in [2.05, 4.69) is 0 Å². The molecular weight excluding hydrogens is 602 g/mol. The van der Waals surface area contributed by atoms with E-state index in [1.54, 1.807) is 0 Å². The van der Waals surface area contributed by atoms with Gasteiger partial charge in [0.25, 0.3) is 0 Å². The average Bonchev–Trinajstić information content (AvgIpc) is 1.70. The molecule has 0 amide bonds. The van der Waals surface area contributed by atoms with Gasteiger partial charge in [0, 0.05) is 0 Å². The summed E-state index contributed by atoms with van der Waals surface area (Å²) in [7, 11) is 21.0. The maximum Gasteiger partial charge on any atom is 1.00 e. The molecule has 0 aliphatic rings. The number of carbonyl (C=O) groups excluding carboxylic acids is 2. The molecule has 0 aromatic heterocycles. The van der Waals surface area contributed by atoms with E-state index in [4.69, 9.17) is 58.0 Å². The first-order chi connectivity index (χ1) is 4.24. The number of hydrogen-bond donors (Lipinski definition) is 0. The van der Waals surface area contributed by atoms with Gasteiger partial charge in [-0.3, -0.25) is 0 Å².